The lowest BCUT2D eigenvalue weighted by Crippen LogP contribution is -2.40. The molecular weight excluding hydrogens is 266 g/mol. The van der Waals surface area contributed by atoms with Crippen molar-refractivity contribution >= 4 is 17.5 Å². The predicted octanol–water partition coefficient (Wildman–Crippen LogP) is 1.30. The van der Waals surface area contributed by atoms with Crippen molar-refractivity contribution < 1.29 is 19.6 Å². The number of ether oxygens (including phenoxy) is 1. The van der Waals surface area contributed by atoms with Gasteiger partial charge in [0.15, 0.2) is 0 Å². The highest BCUT2D eigenvalue weighted by molar-refractivity contribution is 5.94. The van der Waals surface area contributed by atoms with Crippen molar-refractivity contribution in [3.63, 3.8) is 0 Å². The molecule has 1 N–H and O–H groups in total. The van der Waals surface area contributed by atoms with Crippen molar-refractivity contribution in [2.45, 2.75) is 18.9 Å². The summed E-state index contributed by atoms with van der Waals surface area (Å²) in [6.07, 6.45) is 2.86. The van der Waals surface area contributed by atoms with E-state index in [1.54, 1.807) is 12.0 Å². The van der Waals surface area contributed by atoms with Gasteiger partial charge in [-0.2, -0.15) is 0 Å². The van der Waals surface area contributed by atoms with Gasteiger partial charge < -0.3 is 14.7 Å². The first-order chi connectivity index (χ1) is 9.52. The van der Waals surface area contributed by atoms with Gasteiger partial charge in [-0.3, -0.25) is 10.1 Å². The Kier molecular flexibility index (Phi) is 4.14. The third-order valence-electron chi connectivity index (χ3n) is 3.30. The van der Waals surface area contributed by atoms with Crippen LogP contribution in [-0.2, 0) is 4.74 Å². The minimum absolute atomic E-state index is 0.0161. The van der Waals surface area contributed by atoms with E-state index >= 15 is 0 Å². The highest BCUT2D eigenvalue weighted by atomic mass is 16.6. The number of pyridine rings is 1. The molecule has 0 radical (unpaired) electrons. The van der Waals surface area contributed by atoms with E-state index < -0.39 is 10.9 Å². The van der Waals surface area contributed by atoms with Crippen LogP contribution in [0, 0.1) is 10.1 Å². The van der Waals surface area contributed by atoms with Crippen LogP contribution in [-0.4, -0.2) is 47.3 Å². The first-order valence-corrected chi connectivity index (χ1v) is 6.18. The smallest absolute Gasteiger partial charge is 0.339 e. The molecule has 20 heavy (non-hydrogen) atoms. The van der Waals surface area contributed by atoms with Crippen LogP contribution in [0.2, 0.25) is 0 Å². The summed E-state index contributed by atoms with van der Waals surface area (Å²) < 4.78 is 5.28. The molecule has 1 aromatic rings. The summed E-state index contributed by atoms with van der Waals surface area (Å²) in [6, 6.07) is 1.04. The molecule has 2 rings (SSSR count). The third-order valence-corrected chi connectivity index (χ3v) is 3.30. The minimum Gasteiger partial charge on any atom is -0.478 e. The van der Waals surface area contributed by atoms with E-state index in [0.717, 1.165) is 25.1 Å². The van der Waals surface area contributed by atoms with E-state index in [0.29, 0.717) is 13.1 Å². The molecule has 0 saturated carbocycles. The van der Waals surface area contributed by atoms with E-state index in [9.17, 15) is 20.0 Å². The number of carboxylic acid groups (broad SMARTS) is 1. The molecule has 2 heterocycles. The van der Waals surface area contributed by atoms with Gasteiger partial charge in [0.1, 0.15) is 17.6 Å². The van der Waals surface area contributed by atoms with E-state index in [1.807, 2.05) is 0 Å². The Hall–Kier alpha value is -2.22. The zero-order chi connectivity index (χ0) is 14.7. The average molecular weight is 281 g/mol. The van der Waals surface area contributed by atoms with Crippen molar-refractivity contribution in [2.75, 3.05) is 25.1 Å². The average Bonchev–Trinajstić information content (AvgIpc) is 2.46. The Balaban J connectivity index is 2.35. The molecule has 8 nitrogen and oxygen atoms in total. The molecule has 1 fully saturated rings. The van der Waals surface area contributed by atoms with Gasteiger partial charge in [0, 0.05) is 26.3 Å². The topological polar surface area (TPSA) is 106 Å². The zero-order valence-corrected chi connectivity index (χ0v) is 11.0. The number of hydrogen-bond acceptors (Lipinski definition) is 6. The first-order valence-electron chi connectivity index (χ1n) is 6.18. The van der Waals surface area contributed by atoms with Crippen LogP contribution in [0.15, 0.2) is 12.3 Å². The van der Waals surface area contributed by atoms with Crippen molar-refractivity contribution in [2.24, 2.45) is 0 Å². The summed E-state index contributed by atoms with van der Waals surface area (Å²) >= 11 is 0. The number of aromatic nitrogens is 1. The highest BCUT2D eigenvalue weighted by Gasteiger charge is 2.26. The second kappa shape index (κ2) is 5.83. The maximum atomic E-state index is 11.3. The number of carbonyl (C=O) groups is 1. The number of nitro groups is 1. The van der Waals surface area contributed by atoms with Crippen molar-refractivity contribution in [1.82, 2.24) is 4.98 Å². The number of aromatic carboxylic acids is 1. The number of rotatable bonds is 4. The highest BCUT2D eigenvalue weighted by Crippen LogP contribution is 2.25. The summed E-state index contributed by atoms with van der Waals surface area (Å²) in [5, 5.41) is 19.9. The van der Waals surface area contributed by atoms with Crippen molar-refractivity contribution in [3.05, 3.63) is 27.9 Å². The number of anilines is 1. The molecule has 1 saturated heterocycles. The van der Waals surface area contributed by atoms with E-state index in [-0.39, 0.29) is 23.2 Å². The quantitative estimate of drug-likeness (QED) is 0.654. The Morgan fingerprint density at radius 1 is 1.65 bits per heavy atom. The monoisotopic (exact) mass is 281 g/mol. The molecule has 1 aromatic heterocycles. The van der Waals surface area contributed by atoms with Gasteiger partial charge in [-0.05, 0) is 12.8 Å². The molecule has 0 amide bonds. The summed E-state index contributed by atoms with van der Waals surface area (Å²) in [5.74, 6) is -0.972. The Morgan fingerprint density at radius 2 is 2.40 bits per heavy atom. The lowest BCUT2D eigenvalue weighted by molar-refractivity contribution is -0.385. The fourth-order valence-electron chi connectivity index (χ4n) is 2.28. The Bertz CT molecular complexity index is 534. The normalized spacial score (nSPS) is 18.9. The largest absolute Gasteiger partial charge is 0.478 e. The molecule has 1 aliphatic rings. The predicted molar refractivity (Wildman–Crippen MR) is 70.1 cm³/mol. The third kappa shape index (κ3) is 2.85. The van der Waals surface area contributed by atoms with Crippen molar-refractivity contribution in [1.29, 1.82) is 0 Å². The molecule has 108 valence electrons. The lowest BCUT2D eigenvalue weighted by Gasteiger charge is -2.33. The number of carboxylic acids is 1. The summed E-state index contributed by atoms with van der Waals surface area (Å²) in [4.78, 5) is 27.1. The minimum atomic E-state index is -1.23. The van der Waals surface area contributed by atoms with Gasteiger partial charge in [-0.1, -0.05) is 0 Å². The fraction of sp³-hybridized carbons (Fsp3) is 0.500. The van der Waals surface area contributed by atoms with Gasteiger partial charge in [0.25, 0.3) is 5.69 Å². The maximum absolute atomic E-state index is 11.3. The molecular formula is C12H15N3O5. The van der Waals surface area contributed by atoms with Crippen LogP contribution < -0.4 is 4.90 Å². The van der Waals surface area contributed by atoms with E-state index in [4.69, 9.17) is 4.74 Å². The molecule has 1 atom stereocenters. The van der Waals surface area contributed by atoms with Crippen LogP contribution in [0.4, 0.5) is 11.5 Å². The molecule has 0 aliphatic carbocycles. The first kappa shape index (κ1) is 14.2. The summed E-state index contributed by atoms with van der Waals surface area (Å²) in [7, 11) is 1.61. The van der Waals surface area contributed by atoms with Crippen LogP contribution >= 0.6 is 0 Å². The van der Waals surface area contributed by atoms with E-state index in [1.165, 1.54) is 0 Å². The number of methoxy groups -OCH3 is 1. The molecule has 0 aromatic carbocycles. The second-order valence-corrected chi connectivity index (χ2v) is 4.57. The zero-order valence-electron chi connectivity index (χ0n) is 11.0. The van der Waals surface area contributed by atoms with Gasteiger partial charge >= 0.3 is 5.97 Å². The van der Waals surface area contributed by atoms with Crippen LogP contribution in [0.1, 0.15) is 23.2 Å². The summed E-state index contributed by atoms with van der Waals surface area (Å²) in [6.45, 7) is 1.19. The Labute approximate surface area is 115 Å². The van der Waals surface area contributed by atoms with Gasteiger partial charge in [0.05, 0.1) is 11.0 Å². The van der Waals surface area contributed by atoms with E-state index in [2.05, 4.69) is 4.98 Å². The fourth-order valence-corrected chi connectivity index (χ4v) is 2.28. The number of piperidine rings is 1. The van der Waals surface area contributed by atoms with Crippen LogP contribution in [0.5, 0.6) is 0 Å². The second-order valence-electron chi connectivity index (χ2n) is 4.57. The molecule has 1 aliphatic heterocycles. The van der Waals surface area contributed by atoms with Gasteiger partial charge in [-0.15, -0.1) is 0 Å². The maximum Gasteiger partial charge on any atom is 0.339 e. The van der Waals surface area contributed by atoms with Crippen LogP contribution in [0.25, 0.3) is 0 Å². The van der Waals surface area contributed by atoms with Gasteiger partial charge in [0.2, 0.25) is 0 Å². The SMILES string of the molecule is COC1CCCN(c2ncc([N+](=O)[O-])cc2C(=O)O)C1. The summed E-state index contributed by atoms with van der Waals surface area (Å²) in [5.41, 5.74) is -0.484. The Morgan fingerprint density at radius 3 is 3.00 bits per heavy atom. The number of nitrogens with zero attached hydrogens (tertiary/aromatic N) is 3. The molecule has 8 heteroatoms. The molecule has 0 spiro atoms. The van der Waals surface area contributed by atoms with Crippen LogP contribution in [0.3, 0.4) is 0 Å². The van der Waals surface area contributed by atoms with Crippen molar-refractivity contribution in [3.8, 4) is 0 Å². The standard InChI is InChI=1S/C12H15N3O5/c1-20-9-3-2-4-14(7-9)11-10(12(16)17)5-8(6-13-11)15(18)19/h5-6,9H,2-4,7H2,1H3,(H,16,17). The molecule has 0 bridgehead atoms. The number of hydrogen-bond donors (Lipinski definition) is 1. The lowest BCUT2D eigenvalue weighted by atomic mass is 10.1. The van der Waals surface area contributed by atoms with Gasteiger partial charge in [-0.25, -0.2) is 9.78 Å². The molecule has 1 unspecified atom stereocenters.